The highest BCUT2D eigenvalue weighted by atomic mass is 35.5. The van der Waals surface area contributed by atoms with Gasteiger partial charge in [0.15, 0.2) is 12.4 Å². The second-order valence-corrected chi connectivity index (χ2v) is 6.56. The molecular weight excluding hydrogens is 354 g/mol. The summed E-state index contributed by atoms with van der Waals surface area (Å²) in [5.74, 6) is 1.50. The van der Waals surface area contributed by atoms with E-state index in [0.29, 0.717) is 30.1 Å². The minimum absolute atomic E-state index is 0.0118. The van der Waals surface area contributed by atoms with Crippen molar-refractivity contribution in [1.82, 2.24) is 4.98 Å². The molecule has 1 aliphatic carbocycles. The Morgan fingerprint density at radius 1 is 1.31 bits per heavy atom. The van der Waals surface area contributed by atoms with Gasteiger partial charge in [-0.3, -0.25) is 4.98 Å². The van der Waals surface area contributed by atoms with Crippen LogP contribution in [0, 0.1) is 31.3 Å². The minimum Gasteiger partial charge on any atom is -0.481 e. The Bertz CT molecular complexity index is 754. The minimum atomic E-state index is -0.475. The average molecular weight is 373 g/mol. The quantitative estimate of drug-likeness (QED) is 0.799. The number of nitrogens with zero attached hydrogens (tertiary/aromatic N) is 1. The van der Waals surface area contributed by atoms with Crippen LogP contribution in [0.25, 0.3) is 10.9 Å². The van der Waals surface area contributed by atoms with Crippen molar-refractivity contribution in [3.63, 3.8) is 0 Å². The zero-order chi connectivity index (χ0) is 17.9. The highest BCUT2D eigenvalue weighted by Crippen LogP contribution is 2.42. The van der Waals surface area contributed by atoms with E-state index in [-0.39, 0.29) is 6.10 Å². The maximum absolute atomic E-state index is 6.22. The van der Waals surface area contributed by atoms with Crippen molar-refractivity contribution in [3.8, 4) is 5.75 Å². The van der Waals surface area contributed by atoms with E-state index >= 15 is 0 Å². The molecule has 0 spiro atoms. The van der Waals surface area contributed by atoms with Crippen molar-refractivity contribution in [3.05, 3.63) is 66.8 Å². The summed E-state index contributed by atoms with van der Waals surface area (Å²) in [4.78, 5) is 4.35. The van der Waals surface area contributed by atoms with Gasteiger partial charge in [0.25, 0.3) is 0 Å². The second kappa shape index (κ2) is 8.09. The molecule has 0 amide bonds. The van der Waals surface area contributed by atoms with E-state index in [9.17, 15) is 0 Å². The van der Waals surface area contributed by atoms with Gasteiger partial charge in [-0.05, 0) is 43.5 Å². The fraction of sp³-hybridized carbons (Fsp3) is 0.300. The smallest absolute Gasteiger partial charge is 0.168 e. The van der Waals surface area contributed by atoms with Crippen LogP contribution in [-0.4, -0.2) is 37.7 Å². The molecule has 6 heteroatoms. The van der Waals surface area contributed by atoms with Gasteiger partial charge in [-0.1, -0.05) is 11.6 Å². The van der Waals surface area contributed by atoms with Crippen LogP contribution in [0.3, 0.4) is 0 Å². The van der Waals surface area contributed by atoms with Gasteiger partial charge in [-0.2, -0.15) is 0 Å². The molecule has 1 aromatic carbocycles. The van der Waals surface area contributed by atoms with Crippen LogP contribution in [0.15, 0.2) is 30.5 Å². The van der Waals surface area contributed by atoms with E-state index in [1.54, 1.807) is 19.4 Å². The number of benzene rings is 1. The van der Waals surface area contributed by atoms with Crippen molar-refractivity contribution in [1.29, 1.82) is 0 Å². The van der Waals surface area contributed by atoms with Gasteiger partial charge in [-0.15, -0.1) is 0 Å². The van der Waals surface area contributed by atoms with E-state index in [1.807, 2.05) is 37.5 Å². The number of hydrogen-bond donors (Lipinski definition) is 0. The molecule has 5 nitrogen and oxygen atoms in total. The Kier molecular flexibility index (Phi) is 5.60. The summed E-state index contributed by atoms with van der Waals surface area (Å²) in [7, 11) is 1.67. The molecule has 2 aromatic rings. The number of methoxy groups -OCH3 is 1. The van der Waals surface area contributed by atoms with Crippen molar-refractivity contribution >= 4 is 22.5 Å². The molecule has 1 aliphatic heterocycles. The number of pyridine rings is 1. The lowest BCUT2D eigenvalue weighted by Crippen LogP contribution is -2.40. The third-order valence-electron chi connectivity index (χ3n) is 4.31. The molecule has 2 heterocycles. The number of aromatic nitrogens is 1. The zero-order valence-corrected chi connectivity index (χ0v) is 15.1. The summed E-state index contributed by atoms with van der Waals surface area (Å²) in [6.07, 6.45) is 8.52. The molecular formula is C20H19ClNO4. The molecule has 0 bridgehead atoms. The summed E-state index contributed by atoms with van der Waals surface area (Å²) in [6.45, 7) is 1.16. The van der Waals surface area contributed by atoms with Crippen LogP contribution >= 0.6 is 11.6 Å². The van der Waals surface area contributed by atoms with Gasteiger partial charge in [0.2, 0.25) is 0 Å². The molecule has 0 N–H and O–H groups in total. The first kappa shape index (κ1) is 18.0. The number of rotatable bonds is 5. The third kappa shape index (κ3) is 3.81. The molecule has 1 aromatic heterocycles. The third-order valence-corrected chi connectivity index (χ3v) is 4.53. The van der Waals surface area contributed by atoms with Crippen LogP contribution in [0.1, 0.15) is 6.42 Å². The van der Waals surface area contributed by atoms with Gasteiger partial charge in [0, 0.05) is 30.1 Å². The summed E-state index contributed by atoms with van der Waals surface area (Å²) < 4.78 is 23.2. The zero-order valence-electron chi connectivity index (χ0n) is 14.4. The van der Waals surface area contributed by atoms with E-state index in [2.05, 4.69) is 4.98 Å². The summed E-state index contributed by atoms with van der Waals surface area (Å²) >= 11 is 6.22. The SMILES string of the molecule is COCC1CCOC([C]2[CH][CH][CH][C]2Oc2cc(Cl)cc3ncccc23)O1. The first-order chi connectivity index (χ1) is 12.7. The standard InChI is InChI=1S/C20H19ClNO4/c1-23-12-14-7-9-24-20(25-14)16-4-2-6-18(16)26-19-11-13(21)10-17-15(19)5-3-8-22-17/h2-6,8,10-11,14,20H,7,9,12H2,1H3. The topological polar surface area (TPSA) is 49.8 Å². The van der Waals surface area contributed by atoms with Gasteiger partial charge in [-0.25, -0.2) is 0 Å². The Morgan fingerprint density at radius 3 is 3.12 bits per heavy atom. The van der Waals surface area contributed by atoms with Gasteiger partial charge in [0.1, 0.15) is 5.75 Å². The van der Waals surface area contributed by atoms with Crippen molar-refractivity contribution in [2.24, 2.45) is 0 Å². The van der Waals surface area contributed by atoms with Crippen LogP contribution < -0.4 is 4.74 Å². The van der Waals surface area contributed by atoms with Crippen LogP contribution in [0.4, 0.5) is 0 Å². The summed E-state index contributed by atoms with van der Waals surface area (Å²) in [6, 6.07) is 7.44. The highest BCUT2D eigenvalue weighted by Gasteiger charge is 2.42. The predicted molar refractivity (Wildman–Crippen MR) is 97.9 cm³/mol. The van der Waals surface area contributed by atoms with Crippen molar-refractivity contribution < 1.29 is 18.9 Å². The number of hydrogen-bond acceptors (Lipinski definition) is 5. The van der Waals surface area contributed by atoms with Crippen molar-refractivity contribution in [2.45, 2.75) is 18.8 Å². The molecule has 2 fully saturated rings. The van der Waals surface area contributed by atoms with Crippen molar-refractivity contribution in [2.75, 3.05) is 20.3 Å². The molecule has 5 radical (unpaired) electrons. The van der Waals surface area contributed by atoms with E-state index in [4.69, 9.17) is 30.5 Å². The molecule has 1 saturated heterocycles. The number of ether oxygens (including phenoxy) is 4. The number of fused-ring (bicyclic) bond motifs is 1. The lowest BCUT2D eigenvalue weighted by Gasteiger charge is -2.34. The molecule has 1 saturated carbocycles. The normalized spacial score (nSPS) is 25.0. The largest absolute Gasteiger partial charge is 0.481 e. The van der Waals surface area contributed by atoms with Gasteiger partial charge >= 0.3 is 0 Å². The van der Waals surface area contributed by atoms with Gasteiger partial charge < -0.3 is 18.9 Å². The van der Waals surface area contributed by atoms with Gasteiger partial charge in [0.05, 0.1) is 30.8 Å². The average Bonchev–Trinajstić information content (AvgIpc) is 3.10. The maximum atomic E-state index is 6.22. The Hall–Kier alpha value is -1.40. The Balaban J connectivity index is 1.53. The van der Waals surface area contributed by atoms with E-state index < -0.39 is 6.29 Å². The second-order valence-electron chi connectivity index (χ2n) is 6.13. The Labute approximate surface area is 158 Å². The molecule has 26 heavy (non-hydrogen) atoms. The fourth-order valence-electron chi connectivity index (χ4n) is 3.08. The molecule has 2 unspecified atom stereocenters. The first-order valence-corrected chi connectivity index (χ1v) is 8.86. The first-order valence-electron chi connectivity index (χ1n) is 8.48. The lowest BCUT2D eigenvalue weighted by molar-refractivity contribution is -0.211. The Morgan fingerprint density at radius 2 is 2.23 bits per heavy atom. The summed E-state index contributed by atoms with van der Waals surface area (Å²) in [5.41, 5.74) is 0.786. The molecule has 2 atom stereocenters. The van der Waals surface area contributed by atoms with E-state index in [0.717, 1.165) is 23.2 Å². The predicted octanol–water partition coefficient (Wildman–Crippen LogP) is 3.78. The van der Waals surface area contributed by atoms with Crippen LogP contribution in [0.5, 0.6) is 5.75 Å². The lowest BCUT2D eigenvalue weighted by atomic mass is 10.0. The monoisotopic (exact) mass is 372 g/mol. The maximum Gasteiger partial charge on any atom is 0.168 e. The molecule has 2 aliphatic rings. The fourth-order valence-corrected chi connectivity index (χ4v) is 3.29. The van der Waals surface area contributed by atoms with Crippen LogP contribution in [-0.2, 0) is 14.2 Å². The highest BCUT2D eigenvalue weighted by molar-refractivity contribution is 6.31. The van der Waals surface area contributed by atoms with Crippen LogP contribution in [0.2, 0.25) is 5.02 Å². The molecule has 4 rings (SSSR count). The van der Waals surface area contributed by atoms with E-state index in [1.165, 1.54) is 0 Å². The number of halogens is 1. The summed E-state index contributed by atoms with van der Waals surface area (Å²) in [5, 5.41) is 1.47. The molecule has 135 valence electrons.